The number of nitrogens with two attached hydrogens (primary N) is 1. The minimum absolute atomic E-state index is 0.0408. The number of rotatable bonds is 7. The van der Waals surface area contributed by atoms with Crippen LogP contribution in [0.2, 0.25) is 0 Å². The van der Waals surface area contributed by atoms with Gasteiger partial charge in [-0.3, -0.25) is 4.79 Å². The first-order valence-electron chi connectivity index (χ1n) is 6.18. The molecule has 0 aliphatic carbocycles. The first-order chi connectivity index (χ1) is 9.36. The maximum atomic E-state index is 12.1. The molecule has 1 rings (SSSR count). The van der Waals surface area contributed by atoms with Crippen molar-refractivity contribution in [2.75, 3.05) is 18.8 Å². The number of anilines is 1. The lowest BCUT2D eigenvalue weighted by Gasteiger charge is -2.09. The Hall–Kier alpha value is -1.12. The third-order valence-corrected chi connectivity index (χ3v) is 4.92. The second kappa shape index (κ2) is 7.61. The Balaban J connectivity index is 2.62. The molecule has 0 heterocycles. The molecule has 0 saturated carbocycles. The molecule has 0 unspecified atom stereocenters. The Morgan fingerprint density at radius 3 is 2.70 bits per heavy atom. The molecule has 1 aromatic rings. The Morgan fingerprint density at radius 1 is 1.35 bits per heavy atom. The van der Waals surface area contributed by atoms with Crippen LogP contribution in [0, 0.1) is 0 Å². The SMILES string of the molecule is CCCNC(=O)CCNS(=O)(=O)c1cc(N)ccc1Br. The monoisotopic (exact) mass is 363 g/mol. The zero-order chi connectivity index (χ0) is 15.2. The van der Waals surface area contributed by atoms with E-state index in [1.54, 1.807) is 12.1 Å². The van der Waals surface area contributed by atoms with Gasteiger partial charge in [0.05, 0.1) is 4.90 Å². The third-order valence-electron chi connectivity index (χ3n) is 2.46. The molecule has 4 N–H and O–H groups in total. The van der Waals surface area contributed by atoms with Crippen molar-refractivity contribution in [3.63, 3.8) is 0 Å². The molecule has 6 nitrogen and oxygen atoms in total. The molecule has 8 heteroatoms. The van der Waals surface area contributed by atoms with Crippen molar-refractivity contribution in [2.45, 2.75) is 24.7 Å². The van der Waals surface area contributed by atoms with Gasteiger partial charge in [-0.2, -0.15) is 0 Å². The van der Waals surface area contributed by atoms with Gasteiger partial charge in [0.1, 0.15) is 0 Å². The predicted octanol–water partition coefficient (Wildman–Crippen LogP) is 1.23. The third kappa shape index (κ3) is 5.10. The molecule has 0 spiro atoms. The summed E-state index contributed by atoms with van der Waals surface area (Å²) in [5, 5.41) is 2.68. The van der Waals surface area contributed by atoms with Crippen LogP contribution in [0.4, 0.5) is 5.69 Å². The molecule has 112 valence electrons. The molecule has 0 atom stereocenters. The Morgan fingerprint density at radius 2 is 2.05 bits per heavy atom. The topological polar surface area (TPSA) is 101 Å². The summed E-state index contributed by atoms with van der Waals surface area (Å²) < 4.78 is 26.9. The van der Waals surface area contributed by atoms with Gasteiger partial charge < -0.3 is 11.1 Å². The van der Waals surface area contributed by atoms with E-state index in [0.717, 1.165) is 6.42 Å². The summed E-state index contributed by atoms with van der Waals surface area (Å²) in [7, 11) is -3.69. The first-order valence-corrected chi connectivity index (χ1v) is 8.46. The van der Waals surface area contributed by atoms with Gasteiger partial charge in [0, 0.05) is 29.7 Å². The molecule has 0 saturated heterocycles. The fourth-order valence-corrected chi connectivity index (χ4v) is 3.48. The number of hydrogen-bond donors (Lipinski definition) is 3. The molecule has 0 bridgehead atoms. The van der Waals surface area contributed by atoms with Gasteiger partial charge in [-0.05, 0) is 40.5 Å². The van der Waals surface area contributed by atoms with E-state index in [-0.39, 0.29) is 23.8 Å². The van der Waals surface area contributed by atoms with E-state index < -0.39 is 10.0 Å². The van der Waals surface area contributed by atoms with Crippen molar-refractivity contribution in [1.82, 2.24) is 10.0 Å². The number of hydrogen-bond acceptors (Lipinski definition) is 4. The Labute approximate surface area is 127 Å². The molecule has 0 fully saturated rings. The number of sulfonamides is 1. The van der Waals surface area contributed by atoms with Crippen LogP contribution in [0.5, 0.6) is 0 Å². The fourth-order valence-electron chi connectivity index (χ4n) is 1.46. The highest BCUT2D eigenvalue weighted by Crippen LogP contribution is 2.23. The summed E-state index contributed by atoms with van der Waals surface area (Å²) >= 11 is 3.17. The number of benzene rings is 1. The molecule has 0 aromatic heterocycles. The van der Waals surface area contributed by atoms with Crippen LogP contribution >= 0.6 is 15.9 Å². The van der Waals surface area contributed by atoms with Crippen molar-refractivity contribution >= 4 is 37.5 Å². The lowest BCUT2D eigenvalue weighted by Crippen LogP contribution is -2.31. The van der Waals surface area contributed by atoms with E-state index in [1.807, 2.05) is 6.92 Å². The standard InChI is InChI=1S/C12H18BrN3O3S/c1-2-6-15-12(17)5-7-16-20(18,19)11-8-9(14)3-4-10(11)13/h3-4,8,16H,2,5-7,14H2,1H3,(H,15,17). The van der Waals surface area contributed by atoms with Crippen LogP contribution in [-0.4, -0.2) is 27.4 Å². The van der Waals surface area contributed by atoms with Crippen LogP contribution in [-0.2, 0) is 14.8 Å². The van der Waals surface area contributed by atoms with Gasteiger partial charge in [-0.15, -0.1) is 0 Å². The normalized spacial score (nSPS) is 11.3. The summed E-state index contributed by atoms with van der Waals surface area (Å²) in [5.41, 5.74) is 5.93. The molecular weight excluding hydrogens is 346 g/mol. The first kappa shape index (κ1) is 16.9. The van der Waals surface area contributed by atoms with Crippen molar-refractivity contribution in [2.24, 2.45) is 0 Å². The van der Waals surface area contributed by atoms with Crippen LogP contribution in [0.25, 0.3) is 0 Å². The quantitative estimate of drug-likeness (QED) is 0.634. The van der Waals surface area contributed by atoms with E-state index >= 15 is 0 Å². The average molecular weight is 364 g/mol. The van der Waals surface area contributed by atoms with E-state index in [1.165, 1.54) is 6.07 Å². The highest BCUT2D eigenvalue weighted by Gasteiger charge is 2.17. The minimum atomic E-state index is -3.69. The number of halogens is 1. The van der Waals surface area contributed by atoms with Gasteiger partial charge in [-0.25, -0.2) is 13.1 Å². The number of amides is 1. The van der Waals surface area contributed by atoms with Crippen LogP contribution in [0.3, 0.4) is 0 Å². The predicted molar refractivity (Wildman–Crippen MR) is 81.7 cm³/mol. The lowest BCUT2D eigenvalue weighted by molar-refractivity contribution is -0.120. The summed E-state index contributed by atoms with van der Waals surface area (Å²) in [6, 6.07) is 4.53. The minimum Gasteiger partial charge on any atom is -0.399 e. The van der Waals surface area contributed by atoms with Gasteiger partial charge >= 0.3 is 0 Å². The van der Waals surface area contributed by atoms with Crippen LogP contribution in [0.1, 0.15) is 19.8 Å². The average Bonchev–Trinajstić information content (AvgIpc) is 2.38. The zero-order valence-electron chi connectivity index (χ0n) is 11.1. The van der Waals surface area contributed by atoms with Gasteiger partial charge in [0.15, 0.2) is 0 Å². The lowest BCUT2D eigenvalue weighted by atomic mass is 10.3. The molecule has 0 aliphatic heterocycles. The summed E-state index contributed by atoms with van der Waals surface area (Å²) in [6.45, 7) is 2.58. The summed E-state index contributed by atoms with van der Waals surface area (Å²) in [4.78, 5) is 11.4. The van der Waals surface area contributed by atoms with Crippen molar-refractivity contribution in [3.05, 3.63) is 22.7 Å². The molecule has 1 amide bonds. The largest absolute Gasteiger partial charge is 0.399 e. The van der Waals surface area contributed by atoms with Crippen molar-refractivity contribution < 1.29 is 13.2 Å². The van der Waals surface area contributed by atoms with Gasteiger partial charge in [0.25, 0.3) is 0 Å². The molecular formula is C12H18BrN3O3S. The molecule has 20 heavy (non-hydrogen) atoms. The Bertz CT molecular complexity index is 575. The highest BCUT2D eigenvalue weighted by molar-refractivity contribution is 9.10. The highest BCUT2D eigenvalue weighted by atomic mass is 79.9. The summed E-state index contributed by atoms with van der Waals surface area (Å²) in [5.74, 6) is -0.179. The van der Waals surface area contributed by atoms with Crippen LogP contribution < -0.4 is 15.8 Å². The summed E-state index contributed by atoms with van der Waals surface area (Å²) in [6.07, 6.45) is 0.937. The van der Waals surface area contributed by atoms with E-state index in [2.05, 4.69) is 26.0 Å². The van der Waals surface area contributed by atoms with E-state index in [9.17, 15) is 13.2 Å². The number of carbonyl (C=O) groups excluding carboxylic acids is 1. The Kier molecular flexibility index (Phi) is 6.44. The van der Waals surface area contributed by atoms with Gasteiger partial charge in [-0.1, -0.05) is 6.92 Å². The number of carbonyl (C=O) groups is 1. The second-order valence-corrected chi connectivity index (χ2v) is 6.78. The zero-order valence-corrected chi connectivity index (χ0v) is 13.6. The number of nitrogens with one attached hydrogen (secondary N) is 2. The smallest absolute Gasteiger partial charge is 0.241 e. The fraction of sp³-hybridized carbons (Fsp3) is 0.417. The van der Waals surface area contributed by atoms with E-state index in [4.69, 9.17) is 5.73 Å². The molecule has 0 aliphatic rings. The molecule has 1 aromatic carbocycles. The van der Waals surface area contributed by atoms with Crippen molar-refractivity contribution in [1.29, 1.82) is 0 Å². The van der Waals surface area contributed by atoms with Crippen LogP contribution in [0.15, 0.2) is 27.6 Å². The molecule has 0 radical (unpaired) electrons. The maximum absolute atomic E-state index is 12.1. The second-order valence-electron chi connectivity index (χ2n) is 4.19. The van der Waals surface area contributed by atoms with Gasteiger partial charge in [0.2, 0.25) is 15.9 Å². The van der Waals surface area contributed by atoms with Crippen molar-refractivity contribution in [3.8, 4) is 0 Å². The van der Waals surface area contributed by atoms with E-state index in [0.29, 0.717) is 16.7 Å². The maximum Gasteiger partial charge on any atom is 0.241 e. The number of nitrogen functional groups attached to an aromatic ring is 1.